The van der Waals surface area contributed by atoms with E-state index < -0.39 is 0 Å². The number of nitrogens with zero attached hydrogens (tertiary/aromatic N) is 2. The summed E-state index contributed by atoms with van der Waals surface area (Å²) >= 11 is 0. The Morgan fingerprint density at radius 1 is 1.35 bits per heavy atom. The number of piperidine rings is 1. The number of nitrogens with one attached hydrogen (secondary N) is 1. The lowest BCUT2D eigenvalue weighted by atomic mass is 9.95. The minimum atomic E-state index is 0.270. The lowest BCUT2D eigenvalue weighted by Gasteiger charge is -2.34. The van der Waals surface area contributed by atoms with Gasteiger partial charge in [0.15, 0.2) is 0 Å². The standard InChI is InChI=1S/C13H25N3O/c1-3-16(12-4-7-14-10-12)13(17)11-5-8-15(2)9-6-11/h11-12,14H,3-10H2,1-2H3. The van der Waals surface area contributed by atoms with E-state index in [1.165, 1.54) is 0 Å². The summed E-state index contributed by atoms with van der Waals surface area (Å²) in [7, 11) is 2.14. The number of likely N-dealkylation sites (N-methyl/N-ethyl adjacent to an activating group) is 1. The van der Waals surface area contributed by atoms with Gasteiger partial charge in [0.1, 0.15) is 0 Å². The van der Waals surface area contributed by atoms with Gasteiger partial charge in [0, 0.05) is 25.0 Å². The fourth-order valence-corrected chi connectivity index (χ4v) is 2.99. The van der Waals surface area contributed by atoms with Crippen molar-refractivity contribution in [3.8, 4) is 0 Å². The molecule has 4 heteroatoms. The van der Waals surface area contributed by atoms with Crippen molar-refractivity contribution in [2.24, 2.45) is 5.92 Å². The Morgan fingerprint density at radius 3 is 2.59 bits per heavy atom. The quantitative estimate of drug-likeness (QED) is 0.781. The van der Waals surface area contributed by atoms with E-state index in [1.807, 2.05) is 0 Å². The molecule has 0 aromatic rings. The fraction of sp³-hybridized carbons (Fsp3) is 0.923. The predicted molar refractivity (Wildman–Crippen MR) is 68.9 cm³/mol. The van der Waals surface area contributed by atoms with Crippen molar-refractivity contribution in [2.45, 2.75) is 32.2 Å². The number of likely N-dealkylation sites (tertiary alicyclic amines) is 1. The van der Waals surface area contributed by atoms with Crippen LogP contribution in [0.25, 0.3) is 0 Å². The molecule has 0 saturated carbocycles. The first-order valence-corrected chi connectivity index (χ1v) is 6.92. The molecule has 1 atom stereocenters. The molecule has 2 rings (SSSR count). The van der Waals surface area contributed by atoms with E-state index in [1.54, 1.807) is 0 Å². The molecule has 0 aromatic heterocycles. The van der Waals surface area contributed by atoms with E-state index in [2.05, 4.69) is 29.1 Å². The highest BCUT2D eigenvalue weighted by Gasteiger charge is 2.31. The van der Waals surface area contributed by atoms with Gasteiger partial charge in [-0.3, -0.25) is 4.79 Å². The number of carbonyl (C=O) groups is 1. The highest BCUT2D eigenvalue weighted by atomic mass is 16.2. The van der Waals surface area contributed by atoms with Crippen molar-refractivity contribution in [3.63, 3.8) is 0 Å². The van der Waals surface area contributed by atoms with Crippen molar-refractivity contribution >= 4 is 5.91 Å². The summed E-state index contributed by atoms with van der Waals surface area (Å²) in [6.07, 6.45) is 3.18. The predicted octanol–water partition coefficient (Wildman–Crippen LogP) is 0.539. The van der Waals surface area contributed by atoms with Gasteiger partial charge < -0.3 is 15.1 Å². The van der Waals surface area contributed by atoms with Crippen LogP contribution in [0.2, 0.25) is 0 Å². The summed E-state index contributed by atoms with van der Waals surface area (Å²) in [4.78, 5) is 16.9. The van der Waals surface area contributed by atoms with Gasteiger partial charge >= 0.3 is 0 Å². The summed E-state index contributed by atoms with van der Waals surface area (Å²) < 4.78 is 0. The Kier molecular flexibility index (Phi) is 4.40. The maximum absolute atomic E-state index is 12.5. The second-order valence-electron chi connectivity index (χ2n) is 5.35. The molecule has 0 radical (unpaired) electrons. The largest absolute Gasteiger partial charge is 0.338 e. The molecule has 1 unspecified atom stereocenters. The van der Waals surface area contributed by atoms with Crippen LogP contribution in [0, 0.1) is 5.92 Å². The Labute approximate surface area is 104 Å². The Bertz CT molecular complexity index is 255. The van der Waals surface area contributed by atoms with E-state index in [-0.39, 0.29) is 5.92 Å². The van der Waals surface area contributed by atoms with Gasteiger partial charge in [0.2, 0.25) is 5.91 Å². The molecule has 1 amide bonds. The maximum Gasteiger partial charge on any atom is 0.226 e. The Hall–Kier alpha value is -0.610. The summed E-state index contributed by atoms with van der Waals surface area (Å²) in [5.41, 5.74) is 0. The molecule has 0 aliphatic carbocycles. The van der Waals surface area contributed by atoms with Gasteiger partial charge in [-0.05, 0) is 52.9 Å². The van der Waals surface area contributed by atoms with Gasteiger partial charge in [0.05, 0.1) is 0 Å². The average Bonchev–Trinajstić information content (AvgIpc) is 2.84. The third kappa shape index (κ3) is 2.99. The third-order valence-electron chi connectivity index (χ3n) is 4.17. The summed E-state index contributed by atoms with van der Waals surface area (Å²) in [6.45, 7) is 7.13. The second kappa shape index (κ2) is 5.83. The molecule has 2 heterocycles. The molecule has 1 N–H and O–H groups in total. The zero-order valence-electron chi connectivity index (χ0n) is 11.1. The van der Waals surface area contributed by atoms with Crippen LogP contribution in [0.5, 0.6) is 0 Å². The van der Waals surface area contributed by atoms with Crippen LogP contribution < -0.4 is 5.32 Å². The van der Waals surface area contributed by atoms with Gasteiger partial charge in [-0.2, -0.15) is 0 Å². The summed E-state index contributed by atoms with van der Waals surface area (Å²) in [5, 5.41) is 3.35. The molecule has 0 bridgehead atoms. The number of rotatable bonds is 3. The zero-order chi connectivity index (χ0) is 12.3. The maximum atomic E-state index is 12.5. The van der Waals surface area contributed by atoms with Crippen LogP contribution in [0.15, 0.2) is 0 Å². The molecule has 2 fully saturated rings. The zero-order valence-corrected chi connectivity index (χ0v) is 11.1. The van der Waals surface area contributed by atoms with Crippen molar-refractivity contribution in [1.29, 1.82) is 0 Å². The number of amides is 1. The highest BCUT2D eigenvalue weighted by molar-refractivity contribution is 5.79. The SMILES string of the molecule is CCN(C(=O)C1CCN(C)CC1)C1CCNC1. The van der Waals surface area contributed by atoms with Crippen molar-refractivity contribution in [3.05, 3.63) is 0 Å². The Balaban J connectivity index is 1.92. The fourth-order valence-electron chi connectivity index (χ4n) is 2.99. The lowest BCUT2D eigenvalue weighted by molar-refractivity contribution is -0.138. The van der Waals surface area contributed by atoms with Crippen molar-refractivity contribution in [2.75, 3.05) is 39.8 Å². The first-order chi connectivity index (χ1) is 8.22. The van der Waals surface area contributed by atoms with E-state index in [0.29, 0.717) is 11.9 Å². The summed E-state index contributed by atoms with van der Waals surface area (Å²) in [6, 6.07) is 0.437. The van der Waals surface area contributed by atoms with E-state index in [0.717, 1.165) is 52.0 Å². The monoisotopic (exact) mass is 239 g/mol. The van der Waals surface area contributed by atoms with E-state index in [4.69, 9.17) is 0 Å². The Morgan fingerprint density at radius 2 is 2.06 bits per heavy atom. The summed E-state index contributed by atoms with van der Waals surface area (Å²) in [5.74, 6) is 0.668. The second-order valence-corrected chi connectivity index (χ2v) is 5.35. The van der Waals surface area contributed by atoms with Gasteiger partial charge in [-0.25, -0.2) is 0 Å². The van der Waals surface area contributed by atoms with Crippen molar-refractivity contribution < 1.29 is 4.79 Å². The molecular formula is C13H25N3O. The van der Waals surface area contributed by atoms with Crippen LogP contribution in [0.4, 0.5) is 0 Å². The van der Waals surface area contributed by atoms with Gasteiger partial charge in [0.25, 0.3) is 0 Å². The van der Waals surface area contributed by atoms with Crippen LogP contribution >= 0.6 is 0 Å². The lowest BCUT2D eigenvalue weighted by Crippen LogP contribution is -2.46. The first-order valence-electron chi connectivity index (χ1n) is 6.92. The van der Waals surface area contributed by atoms with E-state index >= 15 is 0 Å². The minimum Gasteiger partial charge on any atom is -0.338 e. The topological polar surface area (TPSA) is 35.6 Å². The number of carbonyl (C=O) groups excluding carboxylic acids is 1. The highest BCUT2D eigenvalue weighted by Crippen LogP contribution is 2.21. The van der Waals surface area contributed by atoms with Crippen LogP contribution in [0.1, 0.15) is 26.2 Å². The normalized spacial score (nSPS) is 27.3. The molecule has 0 aromatic carbocycles. The van der Waals surface area contributed by atoms with Gasteiger partial charge in [-0.15, -0.1) is 0 Å². The first kappa shape index (κ1) is 12.8. The third-order valence-corrected chi connectivity index (χ3v) is 4.17. The minimum absolute atomic E-state index is 0.270. The molecule has 2 aliphatic heterocycles. The number of hydrogen-bond donors (Lipinski definition) is 1. The number of hydrogen-bond acceptors (Lipinski definition) is 3. The van der Waals surface area contributed by atoms with Crippen LogP contribution in [-0.2, 0) is 4.79 Å². The van der Waals surface area contributed by atoms with Crippen LogP contribution in [-0.4, -0.2) is 61.5 Å². The van der Waals surface area contributed by atoms with E-state index in [9.17, 15) is 4.79 Å². The molecular weight excluding hydrogens is 214 g/mol. The molecule has 4 nitrogen and oxygen atoms in total. The van der Waals surface area contributed by atoms with Crippen molar-refractivity contribution in [1.82, 2.24) is 15.1 Å². The van der Waals surface area contributed by atoms with Crippen LogP contribution in [0.3, 0.4) is 0 Å². The average molecular weight is 239 g/mol. The molecule has 2 aliphatic rings. The smallest absolute Gasteiger partial charge is 0.226 e. The molecule has 2 saturated heterocycles. The molecule has 98 valence electrons. The molecule has 0 spiro atoms. The van der Waals surface area contributed by atoms with Gasteiger partial charge in [-0.1, -0.05) is 0 Å². The molecule has 17 heavy (non-hydrogen) atoms.